The van der Waals surface area contributed by atoms with E-state index in [-0.39, 0.29) is 5.75 Å². The molecule has 7 heteroatoms. The van der Waals surface area contributed by atoms with E-state index < -0.39 is 10.0 Å². The first-order valence-electron chi connectivity index (χ1n) is 6.71. The Morgan fingerprint density at radius 3 is 2.79 bits per heavy atom. The maximum Gasteiger partial charge on any atom is 0.214 e. The van der Waals surface area contributed by atoms with Gasteiger partial charge in [-0.3, -0.25) is 0 Å². The molecule has 0 radical (unpaired) electrons. The zero-order valence-corrected chi connectivity index (χ0v) is 12.8. The smallest absolute Gasteiger partial charge is 0.214 e. The topological polar surface area (TPSA) is 62.3 Å². The van der Waals surface area contributed by atoms with Crippen LogP contribution in [0.15, 0.2) is 11.6 Å². The number of hydrogen-bond acceptors (Lipinski definition) is 5. The fourth-order valence-corrected chi connectivity index (χ4v) is 4.41. The lowest BCUT2D eigenvalue weighted by Crippen LogP contribution is -2.45. The Bertz CT molecular complexity index is 465. The van der Waals surface area contributed by atoms with Gasteiger partial charge in [-0.25, -0.2) is 17.7 Å². The molecule has 0 spiro atoms. The molecule has 2 rings (SSSR count). The summed E-state index contributed by atoms with van der Waals surface area (Å²) < 4.78 is 25.5. The van der Waals surface area contributed by atoms with Crippen molar-refractivity contribution in [2.45, 2.75) is 38.8 Å². The van der Waals surface area contributed by atoms with Gasteiger partial charge in [-0.05, 0) is 19.3 Å². The number of piperidine rings is 1. The van der Waals surface area contributed by atoms with Crippen molar-refractivity contribution >= 4 is 21.4 Å². The van der Waals surface area contributed by atoms with Crippen LogP contribution in [0.4, 0.5) is 0 Å². The van der Waals surface area contributed by atoms with Gasteiger partial charge in [0, 0.05) is 37.3 Å². The van der Waals surface area contributed by atoms with Gasteiger partial charge < -0.3 is 5.32 Å². The van der Waals surface area contributed by atoms with Crippen molar-refractivity contribution in [3.8, 4) is 0 Å². The third-order valence-corrected chi connectivity index (χ3v) is 6.19. The summed E-state index contributed by atoms with van der Waals surface area (Å²) in [5.74, 6) is 0.268. The highest BCUT2D eigenvalue weighted by molar-refractivity contribution is 7.89. The summed E-state index contributed by atoms with van der Waals surface area (Å²) in [7, 11) is -3.02. The van der Waals surface area contributed by atoms with E-state index in [0.29, 0.717) is 25.6 Å². The summed E-state index contributed by atoms with van der Waals surface area (Å²) in [5, 5.41) is 6.51. The van der Waals surface area contributed by atoms with Gasteiger partial charge in [-0.1, -0.05) is 6.92 Å². The third kappa shape index (κ3) is 4.24. The molecule has 2 heterocycles. The lowest BCUT2D eigenvalue weighted by Gasteiger charge is -2.31. The lowest BCUT2D eigenvalue weighted by molar-refractivity contribution is 0.288. The molecule has 108 valence electrons. The van der Waals surface area contributed by atoms with Crippen LogP contribution < -0.4 is 5.32 Å². The molecule has 0 amide bonds. The van der Waals surface area contributed by atoms with Crippen LogP contribution in [0.5, 0.6) is 0 Å². The number of rotatable bonds is 6. The van der Waals surface area contributed by atoms with Crippen LogP contribution in [0, 0.1) is 0 Å². The van der Waals surface area contributed by atoms with Gasteiger partial charge in [0.2, 0.25) is 10.0 Å². The Hall–Kier alpha value is -0.500. The van der Waals surface area contributed by atoms with Crippen molar-refractivity contribution < 1.29 is 8.42 Å². The molecular formula is C12H21N3O2S2. The first-order chi connectivity index (χ1) is 9.12. The molecule has 1 aromatic rings. The van der Waals surface area contributed by atoms with Crippen LogP contribution >= 0.6 is 11.3 Å². The molecule has 5 nitrogen and oxygen atoms in total. The minimum atomic E-state index is -3.02. The van der Waals surface area contributed by atoms with Gasteiger partial charge in [0.1, 0.15) is 5.01 Å². The maximum atomic E-state index is 11.9. The largest absolute Gasteiger partial charge is 0.308 e. The molecule has 19 heavy (non-hydrogen) atoms. The fraction of sp³-hybridized carbons (Fsp3) is 0.750. The molecule has 1 fully saturated rings. The van der Waals surface area contributed by atoms with Gasteiger partial charge >= 0.3 is 0 Å². The molecule has 1 N–H and O–H groups in total. The second-order valence-corrected chi connectivity index (χ2v) is 7.86. The number of nitrogens with one attached hydrogen (secondary N) is 1. The zero-order valence-electron chi connectivity index (χ0n) is 11.2. The standard InChI is InChI=1S/C12H21N3O2S2/c1-2-9-19(16,17)15-6-3-11(4-7-15)14-10-12-13-5-8-18-12/h5,8,11,14H,2-4,6-7,9-10H2,1H3. The number of sulfonamides is 1. The second-order valence-electron chi connectivity index (χ2n) is 4.80. The summed E-state index contributed by atoms with van der Waals surface area (Å²) in [6.07, 6.45) is 4.26. The fourth-order valence-electron chi connectivity index (χ4n) is 2.30. The average Bonchev–Trinajstić information content (AvgIpc) is 2.90. The quantitative estimate of drug-likeness (QED) is 0.864. The van der Waals surface area contributed by atoms with Gasteiger partial charge in [-0.15, -0.1) is 11.3 Å². The number of thiazole rings is 1. The highest BCUT2D eigenvalue weighted by Gasteiger charge is 2.26. The molecule has 0 atom stereocenters. The molecule has 1 aromatic heterocycles. The van der Waals surface area contributed by atoms with E-state index in [0.717, 1.165) is 24.4 Å². The van der Waals surface area contributed by atoms with Crippen LogP contribution in [0.25, 0.3) is 0 Å². The van der Waals surface area contributed by atoms with Gasteiger partial charge in [0.15, 0.2) is 0 Å². The summed E-state index contributed by atoms with van der Waals surface area (Å²) in [4.78, 5) is 4.23. The van der Waals surface area contributed by atoms with E-state index >= 15 is 0 Å². The first-order valence-corrected chi connectivity index (χ1v) is 9.20. The van der Waals surface area contributed by atoms with Crippen molar-refractivity contribution in [2.24, 2.45) is 0 Å². The molecule has 0 bridgehead atoms. The van der Waals surface area contributed by atoms with Crippen molar-refractivity contribution in [3.05, 3.63) is 16.6 Å². The Balaban J connectivity index is 1.76. The third-order valence-electron chi connectivity index (χ3n) is 3.33. The van der Waals surface area contributed by atoms with Gasteiger partial charge in [0.25, 0.3) is 0 Å². The molecular weight excluding hydrogens is 282 g/mol. The summed E-state index contributed by atoms with van der Waals surface area (Å²) in [6.45, 7) is 3.96. The molecule has 1 aliphatic rings. The summed E-state index contributed by atoms with van der Waals surface area (Å²) in [5.41, 5.74) is 0. The molecule has 1 aliphatic heterocycles. The van der Waals surface area contributed by atoms with E-state index in [1.54, 1.807) is 15.6 Å². The molecule has 0 saturated carbocycles. The lowest BCUT2D eigenvalue weighted by atomic mass is 10.1. The number of hydrogen-bond donors (Lipinski definition) is 1. The van der Waals surface area contributed by atoms with Gasteiger partial charge in [0.05, 0.1) is 5.75 Å². The monoisotopic (exact) mass is 303 g/mol. The van der Waals surface area contributed by atoms with Crippen molar-refractivity contribution in [2.75, 3.05) is 18.8 Å². The molecule has 1 saturated heterocycles. The predicted molar refractivity (Wildman–Crippen MR) is 77.6 cm³/mol. The van der Waals surface area contributed by atoms with Crippen LogP contribution in [-0.2, 0) is 16.6 Å². The number of aromatic nitrogens is 1. The Labute approximate surface area is 119 Å². The van der Waals surface area contributed by atoms with E-state index in [4.69, 9.17) is 0 Å². The van der Waals surface area contributed by atoms with E-state index in [1.807, 2.05) is 18.5 Å². The van der Waals surface area contributed by atoms with Crippen molar-refractivity contribution in [3.63, 3.8) is 0 Å². The number of nitrogens with zero attached hydrogens (tertiary/aromatic N) is 2. The Morgan fingerprint density at radius 2 is 2.21 bits per heavy atom. The van der Waals surface area contributed by atoms with Crippen molar-refractivity contribution in [1.82, 2.24) is 14.6 Å². The van der Waals surface area contributed by atoms with E-state index in [9.17, 15) is 8.42 Å². The van der Waals surface area contributed by atoms with Gasteiger partial charge in [-0.2, -0.15) is 0 Å². The highest BCUT2D eigenvalue weighted by atomic mass is 32.2. The van der Waals surface area contributed by atoms with E-state index in [2.05, 4.69) is 10.3 Å². The normalized spacial score (nSPS) is 18.8. The second kappa shape index (κ2) is 6.78. The minimum Gasteiger partial charge on any atom is -0.308 e. The Morgan fingerprint density at radius 1 is 1.47 bits per heavy atom. The van der Waals surface area contributed by atoms with Crippen LogP contribution in [0.3, 0.4) is 0 Å². The van der Waals surface area contributed by atoms with E-state index in [1.165, 1.54) is 0 Å². The first kappa shape index (κ1) is 14.9. The highest BCUT2D eigenvalue weighted by Crippen LogP contribution is 2.15. The molecule has 0 aromatic carbocycles. The zero-order chi connectivity index (χ0) is 13.7. The van der Waals surface area contributed by atoms with Crippen molar-refractivity contribution in [1.29, 1.82) is 0 Å². The molecule has 0 aliphatic carbocycles. The predicted octanol–water partition coefficient (Wildman–Crippen LogP) is 1.44. The van der Waals surface area contributed by atoms with Crippen LogP contribution in [-0.4, -0.2) is 42.6 Å². The Kier molecular flexibility index (Phi) is 5.32. The summed E-state index contributed by atoms with van der Waals surface area (Å²) >= 11 is 1.64. The SMILES string of the molecule is CCCS(=O)(=O)N1CCC(NCc2nccs2)CC1. The molecule has 0 unspecified atom stereocenters. The average molecular weight is 303 g/mol. The summed E-state index contributed by atoms with van der Waals surface area (Å²) in [6, 6.07) is 0.400. The van der Waals surface area contributed by atoms with Crippen LogP contribution in [0.2, 0.25) is 0 Å². The van der Waals surface area contributed by atoms with Crippen LogP contribution in [0.1, 0.15) is 31.2 Å². The minimum absolute atomic E-state index is 0.268. The maximum absolute atomic E-state index is 11.9.